The van der Waals surface area contributed by atoms with Crippen molar-refractivity contribution in [3.63, 3.8) is 0 Å². The Morgan fingerprint density at radius 1 is 0.304 bits per heavy atom. The highest BCUT2D eigenvalue weighted by molar-refractivity contribution is 5.96. The van der Waals surface area contributed by atoms with Crippen LogP contribution >= 0.6 is 0 Å². The van der Waals surface area contributed by atoms with Crippen molar-refractivity contribution in [1.29, 1.82) is 0 Å². The summed E-state index contributed by atoms with van der Waals surface area (Å²) in [5.41, 5.74) is 9.64. The minimum Gasteiger partial charge on any atom is -0.263 e. The summed E-state index contributed by atoms with van der Waals surface area (Å²) in [6, 6.07) is 54.3. The van der Waals surface area contributed by atoms with Crippen molar-refractivity contribution in [3.05, 3.63) is 170 Å². The van der Waals surface area contributed by atoms with Crippen molar-refractivity contribution in [2.45, 2.75) is 0 Å². The molecule has 4 nitrogen and oxygen atoms in total. The van der Waals surface area contributed by atoms with Gasteiger partial charge in [-0.3, -0.25) is 4.98 Å². The molecule has 0 amide bonds. The van der Waals surface area contributed by atoms with Crippen LogP contribution in [-0.2, 0) is 0 Å². The fourth-order valence-electron chi connectivity index (χ4n) is 5.82. The number of nitrogens with zero attached hydrogens (tertiary/aromatic N) is 4. The molecule has 0 saturated heterocycles. The summed E-state index contributed by atoms with van der Waals surface area (Å²) >= 11 is 0. The van der Waals surface area contributed by atoms with Gasteiger partial charge in [0.05, 0.1) is 0 Å². The maximum atomic E-state index is 4.98. The van der Waals surface area contributed by atoms with E-state index in [1.807, 2.05) is 54.9 Å². The Hall–Kier alpha value is -6.26. The minimum atomic E-state index is 0.638. The molecule has 0 aliphatic rings. The molecule has 0 atom stereocenters. The van der Waals surface area contributed by atoms with Gasteiger partial charge in [-0.25, -0.2) is 15.0 Å². The lowest BCUT2D eigenvalue weighted by Gasteiger charge is -2.10. The maximum absolute atomic E-state index is 4.98. The molecule has 4 heteroatoms. The minimum absolute atomic E-state index is 0.638. The molecule has 6 aromatic carbocycles. The molecule has 0 fully saturated rings. The summed E-state index contributed by atoms with van der Waals surface area (Å²) in [5, 5.41) is 2.34. The Kier molecular flexibility index (Phi) is 7.14. The fourth-order valence-corrected chi connectivity index (χ4v) is 5.82. The second-order valence-electron chi connectivity index (χ2n) is 11.2. The van der Waals surface area contributed by atoms with Crippen molar-refractivity contribution < 1.29 is 0 Å². The first-order valence-corrected chi connectivity index (χ1v) is 15.3. The van der Waals surface area contributed by atoms with Crippen LogP contribution in [0.4, 0.5) is 0 Å². The molecule has 0 aliphatic heterocycles. The molecule has 8 aromatic rings. The molecule has 8 rings (SSSR count). The number of benzene rings is 6. The van der Waals surface area contributed by atoms with Crippen LogP contribution in [0.2, 0.25) is 0 Å². The number of pyridine rings is 1. The topological polar surface area (TPSA) is 51.6 Å². The Morgan fingerprint density at radius 2 is 0.761 bits per heavy atom. The van der Waals surface area contributed by atoms with Gasteiger partial charge in [0.15, 0.2) is 17.5 Å². The highest BCUT2D eigenvalue weighted by Gasteiger charge is 2.13. The van der Waals surface area contributed by atoms with Gasteiger partial charge in [-0.05, 0) is 39.3 Å². The maximum Gasteiger partial charge on any atom is 0.164 e. The molecule has 0 unspecified atom stereocenters. The van der Waals surface area contributed by atoms with E-state index in [0.717, 1.165) is 55.5 Å². The molecule has 0 spiro atoms. The van der Waals surface area contributed by atoms with Crippen LogP contribution in [0.15, 0.2) is 170 Å². The predicted octanol–water partition coefficient (Wildman–Crippen LogP) is 10.4. The van der Waals surface area contributed by atoms with Crippen LogP contribution in [0, 0.1) is 0 Å². The molecule has 216 valence electrons. The fraction of sp³-hybridized carbons (Fsp3) is 0. The molecule has 0 N–H and O–H groups in total. The average Bonchev–Trinajstić information content (AvgIpc) is 3.15. The van der Waals surface area contributed by atoms with Crippen molar-refractivity contribution in [2.75, 3.05) is 0 Å². The monoisotopic (exact) mass is 588 g/mol. The largest absolute Gasteiger partial charge is 0.263 e. The van der Waals surface area contributed by atoms with E-state index in [9.17, 15) is 0 Å². The first kappa shape index (κ1) is 27.3. The summed E-state index contributed by atoms with van der Waals surface area (Å²) in [4.78, 5) is 19.3. The molecule has 0 aliphatic carbocycles. The standard InChI is InChI=1S/C42H28N4/c1-3-10-29(11-4-1)35-15-9-16-36(26-35)42-45-40(33-12-5-2-6-13-33)44-41(46-42)34-24-20-31(21-25-34)30-18-22-32(23-19-30)39-28-43-27-37-14-7-8-17-38(37)39/h1-28H. The highest BCUT2D eigenvalue weighted by Crippen LogP contribution is 2.32. The van der Waals surface area contributed by atoms with Gasteiger partial charge in [-0.1, -0.05) is 152 Å². The molecule has 0 bridgehead atoms. The molecular weight excluding hydrogens is 560 g/mol. The molecule has 0 saturated carbocycles. The SMILES string of the molecule is c1ccc(-c2cccc(-c3nc(-c4ccccc4)nc(-c4ccc(-c5ccc(-c6cncc7ccccc67)cc5)cc4)n3)c2)cc1. The Bertz CT molecular complexity index is 2270. The zero-order valence-corrected chi connectivity index (χ0v) is 25.0. The van der Waals surface area contributed by atoms with Gasteiger partial charge in [-0.15, -0.1) is 0 Å². The number of rotatable bonds is 6. The van der Waals surface area contributed by atoms with E-state index in [0.29, 0.717) is 17.5 Å². The number of aromatic nitrogens is 4. The van der Waals surface area contributed by atoms with Crippen LogP contribution in [0.5, 0.6) is 0 Å². The quantitative estimate of drug-likeness (QED) is 0.194. The van der Waals surface area contributed by atoms with Crippen LogP contribution in [0.1, 0.15) is 0 Å². The van der Waals surface area contributed by atoms with E-state index in [1.54, 1.807) is 0 Å². The zero-order chi connectivity index (χ0) is 30.7. The van der Waals surface area contributed by atoms with E-state index in [2.05, 4.69) is 120 Å². The molecular formula is C42H28N4. The van der Waals surface area contributed by atoms with Gasteiger partial charge in [0.25, 0.3) is 0 Å². The van der Waals surface area contributed by atoms with Gasteiger partial charge in [0.1, 0.15) is 0 Å². The second kappa shape index (κ2) is 12.0. The number of hydrogen-bond acceptors (Lipinski definition) is 4. The third-order valence-electron chi connectivity index (χ3n) is 8.24. The first-order valence-electron chi connectivity index (χ1n) is 15.3. The smallest absolute Gasteiger partial charge is 0.164 e. The summed E-state index contributed by atoms with van der Waals surface area (Å²) in [6.45, 7) is 0. The third-order valence-corrected chi connectivity index (χ3v) is 8.24. The van der Waals surface area contributed by atoms with Crippen molar-refractivity contribution >= 4 is 10.8 Å². The van der Waals surface area contributed by atoms with Crippen LogP contribution < -0.4 is 0 Å². The van der Waals surface area contributed by atoms with Crippen molar-refractivity contribution in [1.82, 2.24) is 19.9 Å². The highest BCUT2D eigenvalue weighted by atomic mass is 15.0. The summed E-state index contributed by atoms with van der Waals surface area (Å²) in [7, 11) is 0. The Balaban J connectivity index is 1.14. The second-order valence-corrected chi connectivity index (χ2v) is 11.2. The van der Waals surface area contributed by atoms with Gasteiger partial charge in [0, 0.05) is 40.0 Å². The number of fused-ring (bicyclic) bond motifs is 1. The molecule has 2 heterocycles. The Labute approximate surface area is 267 Å². The van der Waals surface area contributed by atoms with Gasteiger partial charge in [0.2, 0.25) is 0 Å². The van der Waals surface area contributed by atoms with Crippen molar-refractivity contribution in [2.24, 2.45) is 0 Å². The van der Waals surface area contributed by atoms with E-state index in [4.69, 9.17) is 15.0 Å². The van der Waals surface area contributed by atoms with E-state index in [-0.39, 0.29) is 0 Å². The third kappa shape index (κ3) is 5.44. The lowest BCUT2D eigenvalue weighted by atomic mass is 9.97. The molecule has 46 heavy (non-hydrogen) atoms. The van der Waals surface area contributed by atoms with Crippen LogP contribution in [-0.4, -0.2) is 19.9 Å². The number of hydrogen-bond donors (Lipinski definition) is 0. The normalized spacial score (nSPS) is 11.0. The predicted molar refractivity (Wildman–Crippen MR) is 188 cm³/mol. The van der Waals surface area contributed by atoms with E-state index in [1.165, 1.54) is 5.39 Å². The molecule has 0 radical (unpaired) electrons. The van der Waals surface area contributed by atoms with Crippen LogP contribution in [0.25, 0.3) is 78.3 Å². The van der Waals surface area contributed by atoms with E-state index < -0.39 is 0 Å². The van der Waals surface area contributed by atoms with Crippen LogP contribution in [0.3, 0.4) is 0 Å². The van der Waals surface area contributed by atoms with Gasteiger partial charge < -0.3 is 0 Å². The Morgan fingerprint density at radius 3 is 1.43 bits per heavy atom. The first-order chi connectivity index (χ1) is 22.8. The zero-order valence-electron chi connectivity index (χ0n) is 25.0. The average molecular weight is 589 g/mol. The molecule has 2 aromatic heterocycles. The lowest BCUT2D eigenvalue weighted by Crippen LogP contribution is -2.00. The van der Waals surface area contributed by atoms with Gasteiger partial charge >= 0.3 is 0 Å². The summed E-state index contributed by atoms with van der Waals surface area (Å²) in [5.74, 6) is 1.93. The van der Waals surface area contributed by atoms with E-state index >= 15 is 0 Å². The summed E-state index contributed by atoms with van der Waals surface area (Å²) in [6.07, 6.45) is 3.85. The lowest BCUT2D eigenvalue weighted by molar-refractivity contribution is 1.07. The van der Waals surface area contributed by atoms with Crippen molar-refractivity contribution in [3.8, 4) is 67.5 Å². The van der Waals surface area contributed by atoms with Gasteiger partial charge in [-0.2, -0.15) is 0 Å². The summed E-state index contributed by atoms with van der Waals surface area (Å²) < 4.78 is 0.